The molecular formula is C15H20N2O. The van der Waals surface area contributed by atoms with E-state index in [4.69, 9.17) is 4.74 Å². The highest BCUT2D eigenvalue weighted by molar-refractivity contribution is 5.79. The van der Waals surface area contributed by atoms with Gasteiger partial charge in [0.1, 0.15) is 0 Å². The molecule has 2 heterocycles. The summed E-state index contributed by atoms with van der Waals surface area (Å²) < 4.78 is 5.49. The Hall–Kier alpha value is -1.32. The van der Waals surface area contributed by atoms with Gasteiger partial charge in [0.25, 0.3) is 0 Å². The first kappa shape index (κ1) is 11.8. The lowest BCUT2D eigenvalue weighted by atomic mass is 10.0. The maximum atomic E-state index is 5.49. The summed E-state index contributed by atoms with van der Waals surface area (Å²) in [7, 11) is 0. The first-order valence-corrected chi connectivity index (χ1v) is 6.76. The maximum absolute atomic E-state index is 5.49. The molecule has 1 atom stereocenters. The number of nitrogens with one attached hydrogen (secondary N) is 2. The Morgan fingerprint density at radius 3 is 3.22 bits per heavy atom. The molecule has 1 aliphatic rings. The van der Waals surface area contributed by atoms with Gasteiger partial charge in [-0.05, 0) is 41.8 Å². The van der Waals surface area contributed by atoms with Crippen LogP contribution in [0.25, 0.3) is 10.9 Å². The Kier molecular flexibility index (Phi) is 3.62. The van der Waals surface area contributed by atoms with Gasteiger partial charge in [-0.3, -0.25) is 0 Å². The predicted molar refractivity (Wildman–Crippen MR) is 73.5 cm³/mol. The van der Waals surface area contributed by atoms with E-state index in [1.54, 1.807) is 0 Å². The average Bonchev–Trinajstić information content (AvgIpc) is 2.87. The van der Waals surface area contributed by atoms with Crippen LogP contribution in [0.1, 0.15) is 18.4 Å². The van der Waals surface area contributed by atoms with Gasteiger partial charge in [0.05, 0.1) is 6.61 Å². The molecule has 1 fully saturated rings. The number of aromatic nitrogens is 1. The molecule has 0 spiro atoms. The van der Waals surface area contributed by atoms with Crippen LogP contribution >= 0.6 is 0 Å². The second-order valence-electron chi connectivity index (χ2n) is 5.11. The Balaban J connectivity index is 1.52. The molecule has 1 unspecified atom stereocenters. The Labute approximate surface area is 108 Å². The van der Waals surface area contributed by atoms with Crippen molar-refractivity contribution in [1.29, 1.82) is 0 Å². The van der Waals surface area contributed by atoms with E-state index in [1.807, 2.05) is 6.20 Å². The van der Waals surface area contributed by atoms with Gasteiger partial charge in [0.2, 0.25) is 0 Å². The number of aromatic amines is 1. The van der Waals surface area contributed by atoms with E-state index in [9.17, 15) is 0 Å². The first-order valence-electron chi connectivity index (χ1n) is 6.76. The zero-order valence-electron chi connectivity index (χ0n) is 10.6. The van der Waals surface area contributed by atoms with Crippen molar-refractivity contribution in [2.75, 3.05) is 19.8 Å². The molecule has 96 valence electrons. The number of fused-ring (bicyclic) bond motifs is 1. The van der Waals surface area contributed by atoms with Gasteiger partial charge < -0.3 is 15.0 Å². The molecule has 3 heteroatoms. The number of hydrogen-bond acceptors (Lipinski definition) is 2. The molecule has 0 bridgehead atoms. The van der Waals surface area contributed by atoms with Crippen LogP contribution < -0.4 is 5.32 Å². The number of H-pyrrole nitrogens is 1. The van der Waals surface area contributed by atoms with Gasteiger partial charge in [0.15, 0.2) is 0 Å². The van der Waals surface area contributed by atoms with E-state index in [-0.39, 0.29) is 0 Å². The highest BCUT2D eigenvalue weighted by Crippen LogP contribution is 2.15. The minimum Gasteiger partial charge on any atom is -0.381 e. The lowest BCUT2D eigenvalue weighted by Gasteiger charge is -2.22. The zero-order valence-corrected chi connectivity index (χ0v) is 10.6. The van der Waals surface area contributed by atoms with Crippen LogP contribution in [0.15, 0.2) is 30.5 Å². The number of ether oxygens (including phenoxy) is 1. The quantitative estimate of drug-likeness (QED) is 0.867. The smallest absolute Gasteiger partial charge is 0.0506 e. The van der Waals surface area contributed by atoms with Crippen LogP contribution in [0, 0.1) is 5.92 Å². The van der Waals surface area contributed by atoms with Crippen molar-refractivity contribution in [3.05, 3.63) is 36.0 Å². The molecule has 1 saturated heterocycles. The largest absolute Gasteiger partial charge is 0.381 e. The molecule has 18 heavy (non-hydrogen) atoms. The van der Waals surface area contributed by atoms with Crippen LogP contribution in [0.4, 0.5) is 0 Å². The third-order valence-corrected chi connectivity index (χ3v) is 3.64. The molecular weight excluding hydrogens is 224 g/mol. The van der Waals surface area contributed by atoms with E-state index in [2.05, 4.69) is 34.6 Å². The number of rotatable bonds is 4. The van der Waals surface area contributed by atoms with Crippen molar-refractivity contribution in [3.63, 3.8) is 0 Å². The van der Waals surface area contributed by atoms with Gasteiger partial charge in [-0.25, -0.2) is 0 Å². The highest BCUT2D eigenvalue weighted by atomic mass is 16.5. The van der Waals surface area contributed by atoms with Gasteiger partial charge in [-0.2, -0.15) is 0 Å². The maximum Gasteiger partial charge on any atom is 0.0506 e. The van der Waals surface area contributed by atoms with Crippen molar-refractivity contribution in [3.8, 4) is 0 Å². The zero-order chi connectivity index (χ0) is 12.2. The Morgan fingerprint density at radius 1 is 1.33 bits per heavy atom. The molecule has 0 aliphatic carbocycles. The lowest BCUT2D eigenvalue weighted by molar-refractivity contribution is 0.0547. The first-order chi connectivity index (χ1) is 8.92. The van der Waals surface area contributed by atoms with Crippen LogP contribution in [0.3, 0.4) is 0 Å². The summed E-state index contributed by atoms with van der Waals surface area (Å²) >= 11 is 0. The topological polar surface area (TPSA) is 37.0 Å². The van der Waals surface area contributed by atoms with Crippen LogP contribution in [-0.2, 0) is 11.3 Å². The van der Waals surface area contributed by atoms with E-state index in [1.165, 1.54) is 29.3 Å². The SMILES string of the molecule is c1cc2ccc(CNCC3CCCOC3)cc2[nH]1. The second-order valence-corrected chi connectivity index (χ2v) is 5.11. The molecule has 2 aromatic rings. The van der Waals surface area contributed by atoms with Crippen molar-refractivity contribution in [1.82, 2.24) is 10.3 Å². The second kappa shape index (κ2) is 5.55. The number of hydrogen-bond donors (Lipinski definition) is 2. The predicted octanol–water partition coefficient (Wildman–Crippen LogP) is 2.68. The summed E-state index contributed by atoms with van der Waals surface area (Å²) in [4.78, 5) is 3.25. The summed E-state index contributed by atoms with van der Waals surface area (Å²) in [5.74, 6) is 0.688. The average molecular weight is 244 g/mol. The minimum atomic E-state index is 0.688. The van der Waals surface area contributed by atoms with E-state index < -0.39 is 0 Å². The molecule has 0 amide bonds. The fourth-order valence-corrected chi connectivity index (χ4v) is 2.59. The number of benzene rings is 1. The summed E-state index contributed by atoms with van der Waals surface area (Å²) in [6, 6.07) is 8.69. The van der Waals surface area contributed by atoms with Gasteiger partial charge in [-0.15, -0.1) is 0 Å². The van der Waals surface area contributed by atoms with Crippen LogP contribution in [0.2, 0.25) is 0 Å². The lowest BCUT2D eigenvalue weighted by Crippen LogP contribution is -2.28. The van der Waals surface area contributed by atoms with E-state index in [0.29, 0.717) is 5.92 Å². The Morgan fingerprint density at radius 2 is 2.33 bits per heavy atom. The molecule has 2 N–H and O–H groups in total. The fourth-order valence-electron chi connectivity index (χ4n) is 2.59. The standard InChI is InChI=1S/C15H20N2O/c1-2-13(11-18-7-1)10-16-9-12-3-4-14-5-6-17-15(14)8-12/h3-6,8,13,16-17H,1-2,7,9-11H2. The van der Waals surface area contributed by atoms with Crippen molar-refractivity contribution in [2.24, 2.45) is 5.92 Å². The molecule has 1 aromatic carbocycles. The third kappa shape index (κ3) is 2.74. The van der Waals surface area contributed by atoms with Gasteiger partial charge in [-0.1, -0.05) is 12.1 Å². The highest BCUT2D eigenvalue weighted by Gasteiger charge is 2.12. The monoisotopic (exact) mass is 244 g/mol. The van der Waals surface area contributed by atoms with Crippen LogP contribution in [0.5, 0.6) is 0 Å². The van der Waals surface area contributed by atoms with E-state index in [0.717, 1.165) is 26.3 Å². The van der Waals surface area contributed by atoms with Crippen molar-refractivity contribution in [2.45, 2.75) is 19.4 Å². The normalized spacial score (nSPS) is 20.3. The van der Waals surface area contributed by atoms with Crippen molar-refractivity contribution >= 4 is 10.9 Å². The summed E-state index contributed by atoms with van der Waals surface area (Å²) in [5, 5.41) is 4.81. The Bertz CT molecular complexity index is 500. The summed E-state index contributed by atoms with van der Waals surface area (Å²) in [6.45, 7) is 3.86. The van der Waals surface area contributed by atoms with Crippen molar-refractivity contribution < 1.29 is 4.74 Å². The van der Waals surface area contributed by atoms with Crippen LogP contribution in [-0.4, -0.2) is 24.7 Å². The van der Waals surface area contributed by atoms with Gasteiger partial charge in [0, 0.05) is 31.4 Å². The molecule has 1 aromatic heterocycles. The summed E-state index contributed by atoms with van der Waals surface area (Å²) in [5.41, 5.74) is 2.55. The third-order valence-electron chi connectivity index (χ3n) is 3.64. The van der Waals surface area contributed by atoms with Gasteiger partial charge >= 0.3 is 0 Å². The summed E-state index contributed by atoms with van der Waals surface area (Å²) in [6.07, 6.45) is 4.49. The molecule has 0 saturated carbocycles. The molecule has 1 aliphatic heterocycles. The molecule has 0 radical (unpaired) electrons. The van der Waals surface area contributed by atoms with E-state index >= 15 is 0 Å². The molecule has 3 nitrogen and oxygen atoms in total. The molecule has 3 rings (SSSR count). The minimum absolute atomic E-state index is 0.688. The fraction of sp³-hybridized carbons (Fsp3) is 0.467.